The monoisotopic (exact) mass is 280 g/mol. The predicted molar refractivity (Wildman–Crippen MR) is 80.4 cm³/mol. The molecule has 19 heavy (non-hydrogen) atoms. The maximum atomic E-state index is 5.64. The quantitative estimate of drug-likeness (QED) is 0.898. The summed E-state index contributed by atoms with van der Waals surface area (Å²) in [6, 6.07) is 2.88. The SMILES string of the molecule is CC1CN(Cc2ccoc2CNC2CC2)CC(C)S1. The van der Waals surface area contributed by atoms with Crippen LogP contribution in [-0.4, -0.2) is 34.5 Å². The summed E-state index contributed by atoms with van der Waals surface area (Å²) in [6.45, 7) is 8.97. The third kappa shape index (κ3) is 3.77. The lowest BCUT2D eigenvalue weighted by Gasteiger charge is -2.34. The number of hydrogen-bond acceptors (Lipinski definition) is 4. The van der Waals surface area contributed by atoms with Gasteiger partial charge in [0.2, 0.25) is 0 Å². The Balaban J connectivity index is 1.57. The van der Waals surface area contributed by atoms with Gasteiger partial charge in [0.1, 0.15) is 5.76 Å². The minimum absolute atomic E-state index is 0.740. The molecule has 0 bridgehead atoms. The van der Waals surface area contributed by atoms with E-state index in [1.54, 1.807) is 0 Å². The normalized spacial score (nSPS) is 28.7. The molecule has 0 amide bonds. The second-order valence-electron chi connectivity index (χ2n) is 5.98. The summed E-state index contributed by atoms with van der Waals surface area (Å²) in [5.74, 6) is 1.13. The highest BCUT2D eigenvalue weighted by molar-refractivity contribution is 8.00. The highest BCUT2D eigenvalue weighted by atomic mass is 32.2. The van der Waals surface area contributed by atoms with Crippen molar-refractivity contribution in [2.24, 2.45) is 0 Å². The van der Waals surface area contributed by atoms with E-state index in [9.17, 15) is 0 Å². The third-order valence-electron chi connectivity index (χ3n) is 3.86. The van der Waals surface area contributed by atoms with Crippen LogP contribution in [0.25, 0.3) is 0 Å². The first-order chi connectivity index (χ1) is 9.20. The average molecular weight is 280 g/mol. The van der Waals surface area contributed by atoms with Crippen LogP contribution in [0.4, 0.5) is 0 Å². The fraction of sp³-hybridized carbons (Fsp3) is 0.733. The molecule has 0 radical (unpaired) electrons. The summed E-state index contributed by atoms with van der Waals surface area (Å²) < 4.78 is 5.64. The van der Waals surface area contributed by atoms with Gasteiger partial charge in [-0.25, -0.2) is 0 Å². The van der Waals surface area contributed by atoms with E-state index in [0.29, 0.717) is 0 Å². The van der Waals surface area contributed by atoms with Crippen molar-refractivity contribution in [2.45, 2.75) is 56.3 Å². The Bertz CT molecular complexity index is 406. The minimum atomic E-state index is 0.740. The summed E-state index contributed by atoms with van der Waals surface area (Å²) in [6.07, 6.45) is 4.49. The number of hydrogen-bond donors (Lipinski definition) is 1. The second-order valence-corrected chi connectivity index (χ2v) is 7.86. The van der Waals surface area contributed by atoms with E-state index < -0.39 is 0 Å². The zero-order valence-corrected chi connectivity index (χ0v) is 12.7. The molecule has 2 unspecified atom stereocenters. The van der Waals surface area contributed by atoms with Crippen LogP contribution >= 0.6 is 11.8 Å². The Morgan fingerprint density at radius 2 is 2.05 bits per heavy atom. The van der Waals surface area contributed by atoms with Crippen molar-refractivity contribution in [2.75, 3.05) is 13.1 Å². The first-order valence-electron chi connectivity index (χ1n) is 7.37. The van der Waals surface area contributed by atoms with Gasteiger partial charge in [-0.05, 0) is 18.9 Å². The molecule has 2 heterocycles. The molecule has 1 aromatic heterocycles. The van der Waals surface area contributed by atoms with Gasteiger partial charge in [-0.3, -0.25) is 4.90 Å². The van der Waals surface area contributed by atoms with Crippen LogP contribution in [0.5, 0.6) is 0 Å². The molecular weight excluding hydrogens is 256 g/mol. The van der Waals surface area contributed by atoms with Crippen molar-refractivity contribution in [3.63, 3.8) is 0 Å². The van der Waals surface area contributed by atoms with Crippen molar-refractivity contribution < 1.29 is 4.42 Å². The van der Waals surface area contributed by atoms with E-state index in [1.807, 2.05) is 6.26 Å². The van der Waals surface area contributed by atoms with Gasteiger partial charge in [-0.1, -0.05) is 13.8 Å². The molecule has 1 aromatic rings. The first-order valence-corrected chi connectivity index (χ1v) is 8.31. The topological polar surface area (TPSA) is 28.4 Å². The zero-order chi connectivity index (χ0) is 13.2. The summed E-state index contributed by atoms with van der Waals surface area (Å²) in [5, 5.41) is 5.02. The molecule has 2 atom stereocenters. The average Bonchev–Trinajstić information content (AvgIpc) is 3.07. The molecule has 3 nitrogen and oxygen atoms in total. The van der Waals surface area contributed by atoms with E-state index >= 15 is 0 Å². The standard InChI is InChI=1S/C15H24N2OS/c1-11-8-17(9-12(2)19-11)10-13-5-6-18-15(13)7-16-14-3-4-14/h5-6,11-12,14,16H,3-4,7-10H2,1-2H3. The molecule has 1 aliphatic heterocycles. The highest BCUT2D eigenvalue weighted by Crippen LogP contribution is 2.26. The fourth-order valence-corrected chi connectivity index (χ4v) is 4.23. The van der Waals surface area contributed by atoms with E-state index in [2.05, 4.69) is 41.9 Å². The van der Waals surface area contributed by atoms with Crippen molar-refractivity contribution in [3.8, 4) is 0 Å². The molecule has 1 aliphatic carbocycles. The van der Waals surface area contributed by atoms with Gasteiger partial charge < -0.3 is 9.73 Å². The van der Waals surface area contributed by atoms with Gasteiger partial charge in [-0.2, -0.15) is 11.8 Å². The second kappa shape index (κ2) is 5.90. The molecule has 0 aromatic carbocycles. The molecule has 3 rings (SSSR count). The Morgan fingerprint density at radius 3 is 2.74 bits per heavy atom. The van der Waals surface area contributed by atoms with Gasteiger partial charge in [0.15, 0.2) is 0 Å². The van der Waals surface area contributed by atoms with Gasteiger partial charge in [-0.15, -0.1) is 0 Å². The van der Waals surface area contributed by atoms with Crippen LogP contribution in [0.3, 0.4) is 0 Å². The van der Waals surface area contributed by atoms with Gasteiger partial charge >= 0.3 is 0 Å². The summed E-state index contributed by atoms with van der Waals surface area (Å²) in [5.41, 5.74) is 1.36. The Kier molecular flexibility index (Phi) is 4.20. The van der Waals surface area contributed by atoms with Crippen LogP contribution in [-0.2, 0) is 13.1 Å². The molecular formula is C15H24N2OS. The van der Waals surface area contributed by atoms with E-state index in [-0.39, 0.29) is 0 Å². The van der Waals surface area contributed by atoms with Crippen LogP contribution < -0.4 is 5.32 Å². The lowest BCUT2D eigenvalue weighted by molar-refractivity contribution is 0.260. The molecule has 1 N–H and O–H groups in total. The Labute approximate surface area is 120 Å². The molecule has 106 valence electrons. The predicted octanol–water partition coefficient (Wildman–Crippen LogP) is 2.86. The Hall–Kier alpha value is -0.450. The van der Waals surface area contributed by atoms with Gasteiger partial charge in [0.25, 0.3) is 0 Å². The van der Waals surface area contributed by atoms with Crippen molar-refractivity contribution in [1.82, 2.24) is 10.2 Å². The number of thioether (sulfide) groups is 1. The highest BCUT2D eigenvalue weighted by Gasteiger charge is 2.24. The number of furan rings is 1. The van der Waals surface area contributed by atoms with Gasteiger partial charge in [0.05, 0.1) is 12.8 Å². The molecule has 4 heteroatoms. The van der Waals surface area contributed by atoms with Crippen LogP contribution in [0, 0.1) is 0 Å². The van der Waals surface area contributed by atoms with Crippen LogP contribution in [0.1, 0.15) is 38.0 Å². The zero-order valence-electron chi connectivity index (χ0n) is 11.9. The van der Waals surface area contributed by atoms with Crippen LogP contribution in [0.2, 0.25) is 0 Å². The Morgan fingerprint density at radius 1 is 1.32 bits per heavy atom. The number of nitrogens with zero attached hydrogens (tertiary/aromatic N) is 1. The number of nitrogens with one attached hydrogen (secondary N) is 1. The van der Waals surface area contributed by atoms with Crippen molar-refractivity contribution in [3.05, 3.63) is 23.7 Å². The number of rotatable bonds is 5. The van der Waals surface area contributed by atoms with Crippen LogP contribution in [0.15, 0.2) is 16.7 Å². The summed E-state index contributed by atoms with van der Waals surface area (Å²) in [7, 11) is 0. The maximum Gasteiger partial charge on any atom is 0.122 e. The molecule has 1 saturated carbocycles. The summed E-state index contributed by atoms with van der Waals surface area (Å²) in [4.78, 5) is 2.57. The van der Waals surface area contributed by atoms with E-state index in [0.717, 1.165) is 35.4 Å². The lowest BCUT2D eigenvalue weighted by atomic mass is 10.2. The largest absolute Gasteiger partial charge is 0.468 e. The molecule has 0 spiro atoms. The summed E-state index contributed by atoms with van der Waals surface area (Å²) >= 11 is 2.11. The molecule has 2 aliphatic rings. The minimum Gasteiger partial charge on any atom is -0.468 e. The smallest absolute Gasteiger partial charge is 0.122 e. The molecule has 1 saturated heterocycles. The fourth-order valence-electron chi connectivity index (χ4n) is 2.84. The lowest BCUT2D eigenvalue weighted by Crippen LogP contribution is -2.39. The third-order valence-corrected chi connectivity index (χ3v) is 5.08. The van der Waals surface area contributed by atoms with Gasteiger partial charge in [0, 0.05) is 41.7 Å². The van der Waals surface area contributed by atoms with E-state index in [4.69, 9.17) is 4.42 Å². The maximum absolute atomic E-state index is 5.64. The van der Waals surface area contributed by atoms with Crippen molar-refractivity contribution >= 4 is 11.8 Å². The first kappa shape index (κ1) is 13.5. The van der Waals surface area contributed by atoms with E-state index in [1.165, 1.54) is 31.5 Å². The van der Waals surface area contributed by atoms with Crippen molar-refractivity contribution in [1.29, 1.82) is 0 Å². The molecule has 2 fully saturated rings.